The maximum atomic E-state index is 2.41. The van der Waals surface area contributed by atoms with Crippen molar-refractivity contribution in [1.29, 1.82) is 0 Å². The van der Waals surface area contributed by atoms with Gasteiger partial charge in [0.1, 0.15) is 0 Å². The molecule has 0 aliphatic heterocycles. The highest BCUT2D eigenvalue weighted by molar-refractivity contribution is 5.48. The van der Waals surface area contributed by atoms with Crippen LogP contribution in [0.15, 0.2) is 24.3 Å². The van der Waals surface area contributed by atoms with Gasteiger partial charge in [0.15, 0.2) is 0 Å². The highest BCUT2D eigenvalue weighted by Gasteiger charge is 2.01. The minimum atomic E-state index is 0. The van der Waals surface area contributed by atoms with Gasteiger partial charge in [0.05, 0.1) is 0 Å². The first-order valence-electron chi connectivity index (χ1n) is 5.09. The molecule has 0 N–H and O–H groups in total. The summed E-state index contributed by atoms with van der Waals surface area (Å²) >= 11 is 0. The van der Waals surface area contributed by atoms with E-state index in [1.165, 1.54) is 17.7 Å². The number of aryl methyl sites for hydroxylation is 1. The first-order chi connectivity index (χ1) is 6.27. The Labute approximate surface area is 82.9 Å². The van der Waals surface area contributed by atoms with Gasteiger partial charge in [-0.05, 0) is 38.0 Å². The Morgan fingerprint density at radius 2 is 2.08 bits per heavy atom. The van der Waals surface area contributed by atoms with Gasteiger partial charge in [-0.15, -0.1) is 0 Å². The lowest BCUT2D eigenvalue weighted by Gasteiger charge is -2.22. The van der Waals surface area contributed by atoms with Crippen LogP contribution in [-0.2, 0) is 0 Å². The molecular weight excluding hydrogens is 158 g/mol. The van der Waals surface area contributed by atoms with Crippen molar-refractivity contribution in [2.75, 3.05) is 18.0 Å². The molecule has 0 aliphatic carbocycles. The third-order valence-electron chi connectivity index (χ3n) is 2.24. The molecule has 1 nitrogen and oxygen atoms in total. The Morgan fingerprint density at radius 3 is 2.62 bits per heavy atom. The number of hydrogen-bond donors (Lipinski definition) is 0. The summed E-state index contributed by atoms with van der Waals surface area (Å²) < 4.78 is 0. The topological polar surface area (TPSA) is 3.24 Å². The van der Waals surface area contributed by atoms with Gasteiger partial charge < -0.3 is 4.90 Å². The first-order valence-corrected chi connectivity index (χ1v) is 5.09. The number of benzene rings is 1. The molecule has 0 bridgehead atoms. The van der Waals surface area contributed by atoms with Gasteiger partial charge in [0.25, 0.3) is 0 Å². The molecule has 0 radical (unpaired) electrons. The van der Waals surface area contributed by atoms with Crippen LogP contribution in [0.2, 0.25) is 0 Å². The predicted molar refractivity (Wildman–Crippen MR) is 61.5 cm³/mol. The zero-order valence-electron chi connectivity index (χ0n) is 8.88. The van der Waals surface area contributed by atoms with Crippen molar-refractivity contribution < 1.29 is 1.43 Å². The van der Waals surface area contributed by atoms with Gasteiger partial charge in [-0.1, -0.05) is 19.1 Å². The van der Waals surface area contributed by atoms with E-state index in [-0.39, 0.29) is 1.43 Å². The molecule has 0 saturated heterocycles. The lowest BCUT2D eigenvalue weighted by atomic mass is 10.2. The monoisotopic (exact) mass is 179 g/mol. The summed E-state index contributed by atoms with van der Waals surface area (Å²) in [7, 11) is 0. The summed E-state index contributed by atoms with van der Waals surface area (Å²) in [6.45, 7) is 8.82. The standard InChI is InChI=1S/C12H19N.H2/c1-4-9-13(5-2)12-8-6-7-11(3)10-12;/h6-8,10H,4-5,9H2,1-3H3;1H. The summed E-state index contributed by atoms with van der Waals surface area (Å²) in [5.74, 6) is 0. The molecular formula is C12H21N. The van der Waals surface area contributed by atoms with Crippen molar-refractivity contribution in [3.8, 4) is 0 Å². The van der Waals surface area contributed by atoms with Crippen LogP contribution >= 0.6 is 0 Å². The zero-order chi connectivity index (χ0) is 9.68. The Bertz CT molecular complexity index is 260. The van der Waals surface area contributed by atoms with Crippen LogP contribution in [-0.4, -0.2) is 13.1 Å². The third kappa shape index (κ3) is 2.76. The van der Waals surface area contributed by atoms with E-state index in [4.69, 9.17) is 0 Å². The van der Waals surface area contributed by atoms with Crippen LogP contribution in [0.5, 0.6) is 0 Å². The number of anilines is 1. The van der Waals surface area contributed by atoms with Crippen LogP contribution in [0.4, 0.5) is 5.69 Å². The lowest BCUT2D eigenvalue weighted by molar-refractivity contribution is 0.791. The molecule has 0 atom stereocenters. The third-order valence-corrected chi connectivity index (χ3v) is 2.24. The molecule has 0 fully saturated rings. The first kappa shape index (κ1) is 10.1. The molecule has 0 spiro atoms. The van der Waals surface area contributed by atoms with E-state index in [0.29, 0.717) is 0 Å². The zero-order valence-corrected chi connectivity index (χ0v) is 8.88. The fraction of sp³-hybridized carbons (Fsp3) is 0.500. The fourth-order valence-electron chi connectivity index (χ4n) is 1.56. The molecule has 74 valence electrons. The quantitative estimate of drug-likeness (QED) is 0.684. The van der Waals surface area contributed by atoms with E-state index in [9.17, 15) is 0 Å². The van der Waals surface area contributed by atoms with E-state index in [2.05, 4.69) is 49.9 Å². The second-order valence-electron chi connectivity index (χ2n) is 3.42. The van der Waals surface area contributed by atoms with Crippen molar-refractivity contribution in [3.63, 3.8) is 0 Å². The summed E-state index contributed by atoms with van der Waals surface area (Å²) in [5, 5.41) is 0. The normalized spacial score (nSPS) is 10.1. The molecule has 1 rings (SSSR count). The summed E-state index contributed by atoms with van der Waals surface area (Å²) in [5.41, 5.74) is 2.69. The summed E-state index contributed by atoms with van der Waals surface area (Å²) in [6.07, 6.45) is 1.21. The molecule has 0 aromatic heterocycles. The van der Waals surface area contributed by atoms with Crippen LogP contribution in [0.3, 0.4) is 0 Å². The second-order valence-corrected chi connectivity index (χ2v) is 3.42. The van der Waals surface area contributed by atoms with Crippen molar-refractivity contribution >= 4 is 5.69 Å². The molecule has 0 heterocycles. The van der Waals surface area contributed by atoms with Crippen molar-refractivity contribution in [1.82, 2.24) is 0 Å². The smallest absolute Gasteiger partial charge is 0.0368 e. The summed E-state index contributed by atoms with van der Waals surface area (Å²) in [6, 6.07) is 8.71. The van der Waals surface area contributed by atoms with Gasteiger partial charge in [0, 0.05) is 20.2 Å². The molecule has 0 saturated carbocycles. The molecule has 13 heavy (non-hydrogen) atoms. The van der Waals surface area contributed by atoms with E-state index in [1.54, 1.807) is 0 Å². The SMILES string of the molecule is CCCN(CC)c1cccc(C)c1.[HH]. The minimum absolute atomic E-state index is 0. The van der Waals surface area contributed by atoms with E-state index < -0.39 is 0 Å². The van der Waals surface area contributed by atoms with Crippen molar-refractivity contribution in [3.05, 3.63) is 29.8 Å². The number of nitrogens with zero attached hydrogens (tertiary/aromatic N) is 1. The molecule has 1 heteroatoms. The molecule has 0 aliphatic rings. The number of hydrogen-bond acceptors (Lipinski definition) is 1. The van der Waals surface area contributed by atoms with Crippen molar-refractivity contribution in [2.45, 2.75) is 27.2 Å². The van der Waals surface area contributed by atoms with E-state index in [1.807, 2.05) is 0 Å². The molecule has 1 aromatic carbocycles. The highest BCUT2D eigenvalue weighted by atomic mass is 15.1. The van der Waals surface area contributed by atoms with E-state index >= 15 is 0 Å². The second kappa shape index (κ2) is 4.90. The Hall–Kier alpha value is -0.980. The fourth-order valence-corrected chi connectivity index (χ4v) is 1.56. The molecule has 1 aromatic rings. The Balaban J connectivity index is 0.00000169. The highest BCUT2D eigenvalue weighted by Crippen LogP contribution is 2.15. The maximum absolute atomic E-state index is 2.41. The Morgan fingerprint density at radius 1 is 1.31 bits per heavy atom. The van der Waals surface area contributed by atoms with Crippen LogP contribution < -0.4 is 4.90 Å². The van der Waals surface area contributed by atoms with Gasteiger partial charge >= 0.3 is 0 Å². The lowest BCUT2D eigenvalue weighted by Crippen LogP contribution is -2.23. The average molecular weight is 179 g/mol. The van der Waals surface area contributed by atoms with Crippen LogP contribution in [0.25, 0.3) is 0 Å². The van der Waals surface area contributed by atoms with Gasteiger partial charge in [-0.3, -0.25) is 0 Å². The Kier molecular flexibility index (Phi) is 3.81. The van der Waals surface area contributed by atoms with Crippen LogP contribution in [0, 0.1) is 6.92 Å². The van der Waals surface area contributed by atoms with Gasteiger partial charge in [-0.25, -0.2) is 0 Å². The molecule has 0 unspecified atom stereocenters. The minimum Gasteiger partial charge on any atom is -0.372 e. The number of rotatable bonds is 4. The van der Waals surface area contributed by atoms with Gasteiger partial charge in [0.2, 0.25) is 0 Å². The largest absolute Gasteiger partial charge is 0.372 e. The van der Waals surface area contributed by atoms with E-state index in [0.717, 1.165) is 13.1 Å². The maximum Gasteiger partial charge on any atom is 0.0368 e. The van der Waals surface area contributed by atoms with Crippen LogP contribution in [0.1, 0.15) is 27.3 Å². The van der Waals surface area contributed by atoms with Crippen molar-refractivity contribution in [2.24, 2.45) is 0 Å². The summed E-state index contributed by atoms with van der Waals surface area (Å²) in [4.78, 5) is 2.41. The average Bonchev–Trinajstić information content (AvgIpc) is 2.14. The molecule has 0 amide bonds. The predicted octanol–water partition coefficient (Wildman–Crippen LogP) is 3.48. The van der Waals surface area contributed by atoms with Gasteiger partial charge in [-0.2, -0.15) is 0 Å².